The van der Waals surface area contributed by atoms with Gasteiger partial charge in [0, 0.05) is 41.5 Å². The van der Waals surface area contributed by atoms with Crippen LogP contribution in [0, 0.1) is 0 Å². The summed E-state index contributed by atoms with van der Waals surface area (Å²) in [7, 11) is -7.91. The maximum Gasteiger partial charge on any atom is 0.705 e. The molecule has 0 spiro atoms. The second-order valence-electron chi connectivity index (χ2n) is 7.74. The van der Waals surface area contributed by atoms with Gasteiger partial charge in [0.15, 0.2) is 0 Å². The number of aryl methyl sites for hydroxylation is 2. The molecule has 36 heavy (non-hydrogen) atoms. The molecule has 0 aromatic heterocycles. The molecule has 0 bridgehead atoms. The van der Waals surface area contributed by atoms with Gasteiger partial charge < -0.3 is 26.6 Å². The van der Waals surface area contributed by atoms with Crippen molar-refractivity contribution < 1.29 is 55.3 Å². The van der Waals surface area contributed by atoms with E-state index in [0.717, 1.165) is 52.7 Å². The molecule has 0 saturated carbocycles. The number of carbonyl (C=O) groups is 6. The number of benzene rings is 1. The maximum atomic E-state index is 11.6. The number of rotatable bonds is 12. The molecule has 198 valence electrons. The van der Waals surface area contributed by atoms with Crippen molar-refractivity contribution in [3.8, 4) is 0 Å². The molecule has 0 amide bonds. The Balaban J connectivity index is 3.01. The minimum Gasteiger partial charge on any atom is -0.455 e. The van der Waals surface area contributed by atoms with Gasteiger partial charge in [-0.1, -0.05) is 24.3 Å². The number of carbonyl (C=O) groups excluding carboxylic acids is 6. The summed E-state index contributed by atoms with van der Waals surface area (Å²) in [5, 5.41) is 0. The van der Waals surface area contributed by atoms with E-state index in [2.05, 4.69) is 0 Å². The van der Waals surface area contributed by atoms with Gasteiger partial charge in [-0.15, -0.1) is 0 Å². The summed E-state index contributed by atoms with van der Waals surface area (Å²) in [4.78, 5) is 69.4. The van der Waals surface area contributed by atoms with E-state index in [-0.39, 0.29) is 24.9 Å². The quantitative estimate of drug-likeness (QED) is 0.354. The van der Waals surface area contributed by atoms with E-state index in [1.807, 2.05) is 0 Å². The predicted molar refractivity (Wildman–Crippen MR) is 126 cm³/mol. The van der Waals surface area contributed by atoms with E-state index in [9.17, 15) is 28.8 Å². The fourth-order valence-corrected chi connectivity index (χ4v) is 7.89. The highest BCUT2D eigenvalue weighted by atomic mass is 28.4. The Bertz CT molecular complexity index is 829. The molecule has 0 aliphatic heterocycles. The fourth-order valence-electron chi connectivity index (χ4n) is 3.21. The lowest BCUT2D eigenvalue weighted by atomic mass is 10.1. The largest absolute Gasteiger partial charge is 0.705 e. The lowest BCUT2D eigenvalue weighted by Crippen LogP contribution is -2.49. The van der Waals surface area contributed by atoms with Crippen LogP contribution in [0.4, 0.5) is 0 Å². The van der Waals surface area contributed by atoms with E-state index in [1.165, 1.54) is 0 Å². The molecule has 0 aliphatic carbocycles. The average molecular weight is 543 g/mol. The predicted octanol–water partition coefficient (Wildman–Crippen LogP) is 2.03. The first-order chi connectivity index (χ1) is 16.7. The van der Waals surface area contributed by atoms with Crippen molar-refractivity contribution in [2.24, 2.45) is 0 Å². The Morgan fingerprint density at radius 1 is 0.472 bits per heavy atom. The zero-order chi connectivity index (χ0) is 27.5. The molecule has 0 fully saturated rings. The molecule has 1 aromatic carbocycles. The molecular weight excluding hydrogens is 512 g/mol. The number of hydrogen-bond donors (Lipinski definition) is 0. The van der Waals surface area contributed by atoms with Gasteiger partial charge in [0.2, 0.25) is 0 Å². The van der Waals surface area contributed by atoms with Crippen molar-refractivity contribution in [1.82, 2.24) is 0 Å². The van der Waals surface area contributed by atoms with Crippen molar-refractivity contribution in [3.63, 3.8) is 0 Å². The van der Waals surface area contributed by atoms with Gasteiger partial charge in [0.25, 0.3) is 35.8 Å². The van der Waals surface area contributed by atoms with E-state index in [4.69, 9.17) is 26.6 Å². The van der Waals surface area contributed by atoms with Crippen LogP contribution < -0.4 is 0 Å². The molecule has 1 aromatic rings. The summed E-state index contributed by atoms with van der Waals surface area (Å²) in [6, 6.07) is 6.94. The molecule has 0 atom stereocenters. The Kier molecular flexibility index (Phi) is 11.5. The molecule has 0 saturated heterocycles. The van der Waals surface area contributed by atoms with Gasteiger partial charge in [0.1, 0.15) is 0 Å². The van der Waals surface area contributed by atoms with Crippen molar-refractivity contribution in [1.29, 1.82) is 0 Å². The van der Waals surface area contributed by atoms with E-state index in [0.29, 0.717) is 0 Å². The molecular formula is C22H30O12Si2. The normalized spacial score (nSPS) is 11.1. The Labute approximate surface area is 210 Å². The first-order valence-corrected chi connectivity index (χ1v) is 14.8. The van der Waals surface area contributed by atoms with E-state index in [1.54, 1.807) is 24.3 Å². The van der Waals surface area contributed by atoms with Crippen molar-refractivity contribution >= 4 is 53.4 Å². The molecule has 0 unspecified atom stereocenters. The molecule has 0 aliphatic rings. The SMILES string of the molecule is CC(=O)O[Si](CCc1ccc(CC[Si](OC(C)=O)(OC(C)=O)OC(C)=O)cc1)(OC(C)=O)OC(C)=O. The van der Waals surface area contributed by atoms with Crippen LogP contribution in [0.15, 0.2) is 24.3 Å². The van der Waals surface area contributed by atoms with E-state index >= 15 is 0 Å². The third kappa shape index (κ3) is 11.3. The standard InChI is InChI=1S/C22H30O12Si2/c1-15(23)29-35(30-16(2)24,31-17(3)25)13-11-21-7-9-22(10-8-21)12-14-36(32-18(4)26,33-19(5)27)34-20(6)28/h7-10H,11-14H2,1-6H3. The first-order valence-electron chi connectivity index (χ1n) is 10.9. The highest BCUT2D eigenvalue weighted by Crippen LogP contribution is 2.23. The summed E-state index contributed by atoms with van der Waals surface area (Å²) in [6.07, 6.45) is 0.515. The lowest BCUT2D eigenvalue weighted by Gasteiger charge is -2.26. The molecule has 14 heteroatoms. The first kappa shape index (κ1) is 30.5. The highest BCUT2D eigenvalue weighted by Gasteiger charge is 2.52. The third-order valence-corrected chi connectivity index (χ3v) is 9.57. The van der Waals surface area contributed by atoms with Gasteiger partial charge in [0.05, 0.1) is 12.1 Å². The van der Waals surface area contributed by atoms with Crippen LogP contribution >= 0.6 is 0 Å². The maximum absolute atomic E-state index is 11.6. The fraction of sp³-hybridized carbons (Fsp3) is 0.455. The second-order valence-corrected chi connectivity index (χ2v) is 12.7. The van der Waals surface area contributed by atoms with Crippen LogP contribution in [0.2, 0.25) is 12.1 Å². The topological polar surface area (TPSA) is 158 Å². The second kappa shape index (κ2) is 13.5. The third-order valence-electron chi connectivity index (χ3n) is 4.26. The van der Waals surface area contributed by atoms with Crippen LogP contribution in [0.25, 0.3) is 0 Å². The van der Waals surface area contributed by atoms with Crippen LogP contribution in [0.3, 0.4) is 0 Å². The summed E-state index contributed by atoms with van der Waals surface area (Å²) < 4.78 is 31.0. The summed E-state index contributed by atoms with van der Waals surface area (Å²) in [5.41, 5.74) is 1.51. The molecule has 0 radical (unpaired) electrons. The van der Waals surface area contributed by atoms with Gasteiger partial charge in [-0.3, -0.25) is 28.8 Å². The zero-order valence-corrected chi connectivity index (χ0v) is 23.0. The van der Waals surface area contributed by atoms with Gasteiger partial charge in [-0.05, 0) is 24.0 Å². The van der Waals surface area contributed by atoms with E-state index < -0.39 is 53.4 Å². The molecule has 0 heterocycles. The van der Waals surface area contributed by atoms with Gasteiger partial charge in [-0.2, -0.15) is 0 Å². The minimum atomic E-state index is -3.96. The average Bonchev–Trinajstić information content (AvgIpc) is 2.68. The van der Waals surface area contributed by atoms with Crippen molar-refractivity contribution in [3.05, 3.63) is 35.4 Å². The Hall–Kier alpha value is -3.53. The van der Waals surface area contributed by atoms with Gasteiger partial charge in [-0.25, -0.2) is 0 Å². The number of hydrogen-bond acceptors (Lipinski definition) is 12. The minimum absolute atomic E-state index is 0.0214. The monoisotopic (exact) mass is 542 g/mol. The molecule has 12 nitrogen and oxygen atoms in total. The summed E-state index contributed by atoms with van der Waals surface area (Å²) >= 11 is 0. The van der Waals surface area contributed by atoms with Crippen LogP contribution in [0.5, 0.6) is 0 Å². The smallest absolute Gasteiger partial charge is 0.455 e. The Morgan fingerprint density at radius 2 is 0.667 bits per heavy atom. The summed E-state index contributed by atoms with van der Waals surface area (Å²) in [6.45, 7) is 6.72. The lowest BCUT2D eigenvalue weighted by molar-refractivity contribution is -0.151. The summed E-state index contributed by atoms with van der Waals surface area (Å²) in [5.74, 6) is -4.50. The van der Waals surface area contributed by atoms with Crippen LogP contribution in [-0.4, -0.2) is 53.4 Å². The van der Waals surface area contributed by atoms with Crippen LogP contribution in [-0.2, 0) is 68.2 Å². The van der Waals surface area contributed by atoms with Gasteiger partial charge >= 0.3 is 17.6 Å². The Morgan fingerprint density at radius 3 is 0.833 bits per heavy atom. The molecule has 0 N–H and O–H groups in total. The van der Waals surface area contributed by atoms with Crippen LogP contribution in [0.1, 0.15) is 52.7 Å². The zero-order valence-electron chi connectivity index (χ0n) is 21.0. The highest BCUT2D eigenvalue weighted by molar-refractivity contribution is 6.66. The van der Waals surface area contributed by atoms with Crippen molar-refractivity contribution in [2.45, 2.75) is 66.5 Å². The van der Waals surface area contributed by atoms with Crippen molar-refractivity contribution in [2.75, 3.05) is 0 Å². The molecule has 1 rings (SSSR count).